The molecular formula is C22H22N4O6. The molecule has 1 aromatic carbocycles. The number of nitrogens with one attached hydrogen (secondary N) is 2. The van der Waals surface area contributed by atoms with Crippen LogP contribution in [0.3, 0.4) is 0 Å². The van der Waals surface area contributed by atoms with Crippen LogP contribution in [0.5, 0.6) is 17.2 Å². The second kappa shape index (κ2) is 7.95. The summed E-state index contributed by atoms with van der Waals surface area (Å²) >= 11 is 0. The molecule has 3 aromatic rings. The van der Waals surface area contributed by atoms with Crippen molar-refractivity contribution in [1.82, 2.24) is 10.3 Å². The number of hydrogen-bond donors (Lipinski definition) is 2. The minimum absolute atomic E-state index is 0.0171. The van der Waals surface area contributed by atoms with Gasteiger partial charge in [0.15, 0.2) is 17.3 Å². The highest BCUT2D eigenvalue weighted by atomic mass is 16.6. The van der Waals surface area contributed by atoms with Crippen LogP contribution in [0.15, 0.2) is 50.8 Å². The number of furan rings is 1. The third kappa shape index (κ3) is 3.24. The van der Waals surface area contributed by atoms with E-state index in [4.69, 9.17) is 23.3 Å². The first-order valence-electron chi connectivity index (χ1n) is 10.1. The highest BCUT2D eigenvalue weighted by molar-refractivity contribution is 6.01. The fourth-order valence-corrected chi connectivity index (χ4v) is 4.34. The van der Waals surface area contributed by atoms with Crippen LogP contribution in [0.1, 0.15) is 36.1 Å². The monoisotopic (exact) mass is 438 g/mol. The molecule has 1 aliphatic carbocycles. The highest BCUT2D eigenvalue weighted by Gasteiger charge is 2.39. The number of hydrogen-bond acceptors (Lipinski definition) is 10. The molecule has 0 amide bonds. The van der Waals surface area contributed by atoms with Gasteiger partial charge in [0.05, 0.1) is 33.6 Å². The molecule has 0 unspecified atom stereocenters. The number of allylic oxidation sites excluding steroid dienone is 1. The summed E-state index contributed by atoms with van der Waals surface area (Å²) in [5.74, 6) is 3.03. The topological polar surface area (TPSA) is 121 Å². The summed E-state index contributed by atoms with van der Waals surface area (Å²) in [6.45, 7) is 0. The van der Waals surface area contributed by atoms with E-state index in [0.29, 0.717) is 52.9 Å². The first kappa shape index (κ1) is 20.0. The van der Waals surface area contributed by atoms with Crippen LogP contribution in [-0.2, 0) is 4.79 Å². The van der Waals surface area contributed by atoms with E-state index < -0.39 is 6.04 Å². The number of nitrogens with zero attached hydrogens (tertiary/aromatic N) is 2. The van der Waals surface area contributed by atoms with E-state index in [0.717, 1.165) is 11.5 Å². The summed E-state index contributed by atoms with van der Waals surface area (Å²) in [6, 6.07) is 6.66. The molecule has 0 saturated carbocycles. The molecule has 0 bridgehead atoms. The summed E-state index contributed by atoms with van der Waals surface area (Å²) < 4.78 is 27.0. The molecule has 2 atom stereocenters. The number of carbonyl (C=O) groups is 1. The maximum absolute atomic E-state index is 13.5. The fraction of sp³-hybridized carbons (Fsp3) is 0.318. The molecule has 2 aliphatic rings. The quantitative estimate of drug-likeness (QED) is 0.610. The normalized spacial score (nSPS) is 19.9. The summed E-state index contributed by atoms with van der Waals surface area (Å²) in [7, 11) is 4.67. The van der Waals surface area contributed by atoms with E-state index in [-0.39, 0.29) is 11.7 Å². The Balaban J connectivity index is 1.66. The van der Waals surface area contributed by atoms with Crippen LogP contribution in [0.25, 0.3) is 0 Å². The van der Waals surface area contributed by atoms with Gasteiger partial charge in [-0.15, -0.1) is 0 Å². The molecule has 0 saturated heterocycles. The van der Waals surface area contributed by atoms with E-state index in [1.807, 2.05) is 12.1 Å². The third-order valence-electron chi connectivity index (χ3n) is 5.83. The van der Waals surface area contributed by atoms with Crippen LogP contribution in [-0.4, -0.2) is 37.4 Å². The number of carbonyl (C=O) groups excluding carboxylic acids is 1. The molecule has 0 radical (unpaired) electrons. The molecular weight excluding hydrogens is 416 g/mol. The number of benzene rings is 1. The van der Waals surface area contributed by atoms with Crippen molar-refractivity contribution in [3.8, 4) is 17.2 Å². The fourth-order valence-electron chi connectivity index (χ4n) is 4.34. The van der Waals surface area contributed by atoms with Gasteiger partial charge in [0.1, 0.15) is 11.5 Å². The largest absolute Gasteiger partial charge is 0.496 e. The van der Waals surface area contributed by atoms with Crippen molar-refractivity contribution in [2.24, 2.45) is 0 Å². The molecule has 2 aromatic heterocycles. The van der Waals surface area contributed by atoms with Crippen molar-refractivity contribution in [3.05, 3.63) is 53.1 Å². The predicted octanol–water partition coefficient (Wildman–Crippen LogP) is 3.67. The number of rotatable bonds is 5. The molecule has 10 nitrogen and oxygen atoms in total. The zero-order valence-electron chi connectivity index (χ0n) is 17.8. The van der Waals surface area contributed by atoms with Gasteiger partial charge >= 0.3 is 0 Å². The van der Waals surface area contributed by atoms with Crippen molar-refractivity contribution in [3.63, 3.8) is 0 Å². The van der Waals surface area contributed by atoms with E-state index >= 15 is 0 Å². The van der Waals surface area contributed by atoms with E-state index in [1.165, 1.54) is 0 Å². The van der Waals surface area contributed by atoms with E-state index in [2.05, 4.69) is 20.9 Å². The van der Waals surface area contributed by atoms with Crippen molar-refractivity contribution in [1.29, 1.82) is 0 Å². The number of fused-ring (bicyclic) bond motifs is 1. The van der Waals surface area contributed by atoms with Gasteiger partial charge in [0, 0.05) is 35.2 Å². The van der Waals surface area contributed by atoms with Crippen LogP contribution in [0.4, 0.5) is 11.6 Å². The number of aromatic nitrogens is 2. The molecule has 10 heteroatoms. The summed E-state index contributed by atoms with van der Waals surface area (Å²) in [4.78, 5) is 13.5. The molecule has 1 aliphatic heterocycles. The number of Topliss-reactive ketones (excluding diaryl/α,β-unsaturated/α-hetero) is 1. The third-order valence-corrected chi connectivity index (χ3v) is 5.83. The Hall–Kier alpha value is -3.95. The van der Waals surface area contributed by atoms with Gasteiger partial charge in [-0.2, -0.15) is 0 Å². The van der Waals surface area contributed by atoms with Crippen molar-refractivity contribution in [2.45, 2.75) is 24.8 Å². The lowest BCUT2D eigenvalue weighted by molar-refractivity contribution is -0.116. The Kier molecular flexibility index (Phi) is 4.96. The number of methoxy groups -OCH3 is 3. The predicted molar refractivity (Wildman–Crippen MR) is 113 cm³/mol. The lowest BCUT2D eigenvalue weighted by atomic mass is 9.80. The van der Waals surface area contributed by atoms with Crippen molar-refractivity contribution < 1.29 is 28.1 Å². The lowest BCUT2D eigenvalue weighted by Crippen LogP contribution is -2.27. The van der Waals surface area contributed by atoms with Gasteiger partial charge in [-0.1, -0.05) is 0 Å². The number of anilines is 2. The Morgan fingerprint density at radius 1 is 1.00 bits per heavy atom. The molecule has 3 heterocycles. The second-order valence-electron chi connectivity index (χ2n) is 7.55. The average molecular weight is 438 g/mol. The SMILES string of the molecule is COc1cc(OC)c([C@H]2Nc3nonc3NC3=C2C(=O)C[C@@H](c2ccco2)C3)cc1OC. The minimum Gasteiger partial charge on any atom is -0.496 e. The molecule has 2 N–H and O–H groups in total. The van der Waals surface area contributed by atoms with E-state index in [1.54, 1.807) is 39.7 Å². The van der Waals surface area contributed by atoms with Crippen molar-refractivity contribution in [2.75, 3.05) is 32.0 Å². The summed E-state index contributed by atoms with van der Waals surface area (Å²) in [6.07, 6.45) is 2.49. The standard InChI is InChI=1S/C22H22N4O6/c1-28-16-10-18(30-3)17(29-2)9-12(16)20-19-13(23-21-22(24-20)26-32-25-21)7-11(8-14(19)27)15-5-4-6-31-15/h4-6,9-11,20H,7-8H2,1-3H3,(H,23,25)(H,24,26)/t11-,20+/m0/s1. The highest BCUT2D eigenvalue weighted by Crippen LogP contribution is 2.47. The Morgan fingerprint density at radius 2 is 1.75 bits per heavy atom. The zero-order valence-corrected chi connectivity index (χ0v) is 17.8. The second-order valence-corrected chi connectivity index (χ2v) is 7.55. The average Bonchev–Trinajstić information content (AvgIpc) is 3.47. The molecule has 32 heavy (non-hydrogen) atoms. The molecule has 0 spiro atoms. The minimum atomic E-state index is -0.578. The number of ketones is 1. The van der Waals surface area contributed by atoms with Gasteiger partial charge in [-0.05, 0) is 34.9 Å². The maximum atomic E-state index is 13.5. The Bertz CT molecular complexity index is 1180. The van der Waals surface area contributed by atoms with Crippen LogP contribution < -0.4 is 24.8 Å². The van der Waals surface area contributed by atoms with Gasteiger partial charge in [0.2, 0.25) is 11.6 Å². The van der Waals surface area contributed by atoms with Crippen molar-refractivity contribution >= 4 is 17.4 Å². The summed E-state index contributed by atoms with van der Waals surface area (Å²) in [5.41, 5.74) is 2.00. The van der Waals surface area contributed by atoms with E-state index in [9.17, 15) is 4.79 Å². The Morgan fingerprint density at radius 3 is 2.47 bits per heavy atom. The Labute approximate surface area is 183 Å². The van der Waals surface area contributed by atoms with Crippen LogP contribution in [0.2, 0.25) is 0 Å². The molecule has 5 rings (SSSR count). The molecule has 0 fully saturated rings. The van der Waals surface area contributed by atoms with Gasteiger partial charge < -0.3 is 29.3 Å². The van der Waals surface area contributed by atoms with Gasteiger partial charge in [-0.3, -0.25) is 4.79 Å². The van der Waals surface area contributed by atoms with Crippen LogP contribution in [0, 0.1) is 0 Å². The lowest BCUT2D eigenvalue weighted by Gasteiger charge is -2.29. The first-order chi connectivity index (χ1) is 15.6. The smallest absolute Gasteiger partial charge is 0.219 e. The van der Waals surface area contributed by atoms with Crippen LogP contribution >= 0.6 is 0 Å². The van der Waals surface area contributed by atoms with Gasteiger partial charge in [-0.25, -0.2) is 4.63 Å². The summed E-state index contributed by atoms with van der Waals surface area (Å²) in [5, 5.41) is 14.4. The zero-order chi connectivity index (χ0) is 22.2. The number of ether oxygens (including phenoxy) is 3. The first-order valence-corrected chi connectivity index (χ1v) is 10.1. The van der Waals surface area contributed by atoms with Gasteiger partial charge in [0.25, 0.3) is 0 Å². The maximum Gasteiger partial charge on any atom is 0.219 e. The molecule has 166 valence electrons.